The normalized spacial score (nSPS) is 10.7. The summed E-state index contributed by atoms with van der Waals surface area (Å²) in [5, 5.41) is 8.54. The Morgan fingerprint density at radius 2 is 1.95 bits per heavy atom. The minimum atomic E-state index is -0.996. The first-order valence-electron chi connectivity index (χ1n) is 5.98. The molecule has 0 amide bonds. The molecule has 6 nitrogen and oxygen atoms in total. The van der Waals surface area contributed by atoms with Crippen LogP contribution in [0.4, 0.5) is 5.95 Å². The summed E-state index contributed by atoms with van der Waals surface area (Å²) in [5.74, 6) is -0.418. The van der Waals surface area contributed by atoms with Crippen LogP contribution in [0.1, 0.15) is 11.1 Å². The summed E-state index contributed by atoms with van der Waals surface area (Å²) in [6, 6.07) is 3.86. The van der Waals surface area contributed by atoms with Gasteiger partial charge in [0, 0.05) is 50.0 Å². The lowest BCUT2D eigenvalue weighted by Crippen LogP contribution is -2.18. The number of aliphatic carboxylic acids is 1. The van der Waals surface area contributed by atoms with E-state index < -0.39 is 5.97 Å². The van der Waals surface area contributed by atoms with Crippen LogP contribution in [0.15, 0.2) is 43.0 Å². The van der Waals surface area contributed by atoms with Crippen molar-refractivity contribution in [2.45, 2.75) is 6.54 Å². The molecule has 0 bridgehead atoms. The summed E-state index contributed by atoms with van der Waals surface area (Å²) in [6.45, 7) is 0.673. The van der Waals surface area contributed by atoms with E-state index in [0.29, 0.717) is 18.1 Å². The van der Waals surface area contributed by atoms with Crippen molar-refractivity contribution in [3.63, 3.8) is 0 Å². The van der Waals surface area contributed by atoms with Crippen LogP contribution in [0.3, 0.4) is 0 Å². The summed E-state index contributed by atoms with van der Waals surface area (Å²) in [6.07, 6.45) is 9.16. The Bertz CT molecular complexity index is 596. The maximum atomic E-state index is 10.4. The molecule has 0 radical (unpaired) electrons. The van der Waals surface area contributed by atoms with Crippen molar-refractivity contribution in [3.8, 4) is 0 Å². The molecule has 0 saturated carbocycles. The zero-order valence-corrected chi connectivity index (χ0v) is 11.0. The van der Waals surface area contributed by atoms with E-state index in [1.807, 2.05) is 24.1 Å². The number of carbonyl (C=O) groups is 1. The molecule has 102 valence electrons. The third-order valence-electron chi connectivity index (χ3n) is 2.59. The van der Waals surface area contributed by atoms with Crippen molar-refractivity contribution < 1.29 is 9.90 Å². The van der Waals surface area contributed by atoms with Crippen molar-refractivity contribution in [1.29, 1.82) is 0 Å². The molecule has 0 aliphatic heterocycles. The molecule has 2 heterocycles. The van der Waals surface area contributed by atoms with Gasteiger partial charge in [0.15, 0.2) is 0 Å². The van der Waals surface area contributed by atoms with Crippen LogP contribution in [0, 0.1) is 0 Å². The standard InChI is InChI=1S/C14H14N4O2/c1-18(10-11-4-6-15-7-5-11)14-16-8-12(9-17-14)2-3-13(19)20/h2-9H,10H2,1H3,(H,19,20)/b3-2+. The van der Waals surface area contributed by atoms with Gasteiger partial charge in [0.05, 0.1) is 0 Å². The summed E-state index contributed by atoms with van der Waals surface area (Å²) in [4.78, 5) is 24.7. The smallest absolute Gasteiger partial charge is 0.328 e. The number of carboxylic acids is 1. The summed E-state index contributed by atoms with van der Waals surface area (Å²) in [7, 11) is 1.89. The molecule has 2 aromatic heterocycles. The molecule has 0 spiro atoms. The minimum absolute atomic E-state index is 0.578. The van der Waals surface area contributed by atoms with Crippen LogP contribution >= 0.6 is 0 Å². The maximum Gasteiger partial charge on any atom is 0.328 e. The van der Waals surface area contributed by atoms with Crippen LogP contribution in [0.2, 0.25) is 0 Å². The van der Waals surface area contributed by atoms with Gasteiger partial charge in [0.2, 0.25) is 5.95 Å². The second kappa shape index (κ2) is 6.42. The number of nitrogens with zero attached hydrogens (tertiary/aromatic N) is 4. The number of hydrogen-bond donors (Lipinski definition) is 1. The molecule has 2 rings (SSSR count). The van der Waals surface area contributed by atoms with Gasteiger partial charge >= 0.3 is 5.97 Å². The van der Waals surface area contributed by atoms with Gasteiger partial charge in [-0.1, -0.05) is 0 Å². The highest BCUT2D eigenvalue weighted by molar-refractivity contribution is 5.85. The van der Waals surface area contributed by atoms with E-state index >= 15 is 0 Å². The van der Waals surface area contributed by atoms with Crippen LogP contribution < -0.4 is 4.90 Å². The average molecular weight is 270 g/mol. The molecule has 0 aliphatic rings. The molecule has 0 aromatic carbocycles. The van der Waals surface area contributed by atoms with Gasteiger partial charge in [-0.15, -0.1) is 0 Å². The fraction of sp³-hybridized carbons (Fsp3) is 0.143. The minimum Gasteiger partial charge on any atom is -0.478 e. The Kier molecular flexibility index (Phi) is 4.39. The molecule has 0 fully saturated rings. The lowest BCUT2D eigenvalue weighted by molar-refractivity contribution is -0.131. The van der Waals surface area contributed by atoms with Gasteiger partial charge in [-0.3, -0.25) is 4.98 Å². The zero-order valence-electron chi connectivity index (χ0n) is 11.0. The highest BCUT2D eigenvalue weighted by Crippen LogP contribution is 2.10. The Morgan fingerprint density at radius 3 is 2.55 bits per heavy atom. The molecular formula is C14H14N4O2. The van der Waals surface area contributed by atoms with Gasteiger partial charge in [0.25, 0.3) is 0 Å². The first-order valence-corrected chi connectivity index (χ1v) is 5.98. The molecule has 0 saturated heterocycles. The van der Waals surface area contributed by atoms with Crippen LogP contribution in [0.25, 0.3) is 6.08 Å². The SMILES string of the molecule is CN(Cc1ccncc1)c1ncc(/C=C/C(=O)O)cn1. The number of pyridine rings is 1. The van der Waals surface area contributed by atoms with E-state index in [4.69, 9.17) is 5.11 Å². The molecule has 0 atom stereocenters. The molecule has 0 aliphatic carbocycles. The fourth-order valence-electron chi connectivity index (χ4n) is 1.61. The van der Waals surface area contributed by atoms with Crippen molar-refractivity contribution >= 4 is 18.0 Å². The van der Waals surface area contributed by atoms with Gasteiger partial charge in [-0.25, -0.2) is 14.8 Å². The molecule has 20 heavy (non-hydrogen) atoms. The Morgan fingerprint density at radius 1 is 1.30 bits per heavy atom. The second-order valence-corrected chi connectivity index (χ2v) is 4.20. The maximum absolute atomic E-state index is 10.4. The number of rotatable bonds is 5. The topological polar surface area (TPSA) is 79.2 Å². The lowest BCUT2D eigenvalue weighted by Gasteiger charge is -2.16. The van der Waals surface area contributed by atoms with Crippen molar-refractivity contribution in [2.75, 3.05) is 11.9 Å². The lowest BCUT2D eigenvalue weighted by atomic mass is 10.2. The van der Waals surface area contributed by atoms with Gasteiger partial charge in [0.1, 0.15) is 0 Å². The highest BCUT2D eigenvalue weighted by Gasteiger charge is 2.04. The van der Waals surface area contributed by atoms with E-state index in [2.05, 4.69) is 15.0 Å². The first kappa shape index (κ1) is 13.7. The number of anilines is 1. The monoisotopic (exact) mass is 270 g/mol. The predicted molar refractivity (Wildman–Crippen MR) is 75.0 cm³/mol. The molecule has 1 N–H and O–H groups in total. The molecule has 2 aromatic rings. The van der Waals surface area contributed by atoms with Gasteiger partial charge in [-0.05, 0) is 23.8 Å². The van der Waals surface area contributed by atoms with Gasteiger partial charge < -0.3 is 10.0 Å². The molecule has 6 heteroatoms. The number of hydrogen-bond acceptors (Lipinski definition) is 5. The Hall–Kier alpha value is -2.76. The molecular weight excluding hydrogens is 256 g/mol. The van der Waals surface area contributed by atoms with Crippen molar-refractivity contribution in [2.24, 2.45) is 0 Å². The first-order chi connectivity index (χ1) is 9.65. The summed E-state index contributed by atoms with van der Waals surface area (Å²) < 4.78 is 0. The van der Waals surface area contributed by atoms with E-state index in [-0.39, 0.29) is 0 Å². The van der Waals surface area contributed by atoms with Crippen LogP contribution in [-0.2, 0) is 11.3 Å². The summed E-state index contributed by atoms with van der Waals surface area (Å²) >= 11 is 0. The number of carboxylic acid groups (broad SMARTS) is 1. The predicted octanol–water partition coefficient (Wildman–Crippen LogP) is 1.61. The van der Waals surface area contributed by atoms with Crippen LogP contribution in [0.5, 0.6) is 0 Å². The molecule has 0 unspecified atom stereocenters. The van der Waals surface area contributed by atoms with E-state index in [9.17, 15) is 4.79 Å². The number of aromatic nitrogens is 3. The van der Waals surface area contributed by atoms with E-state index in [1.54, 1.807) is 24.8 Å². The third kappa shape index (κ3) is 3.88. The van der Waals surface area contributed by atoms with Gasteiger partial charge in [-0.2, -0.15) is 0 Å². The van der Waals surface area contributed by atoms with E-state index in [1.165, 1.54) is 6.08 Å². The third-order valence-corrected chi connectivity index (χ3v) is 2.59. The van der Waals surface area contributed by atoms with E-state index in [0.717, 1.165) is 11.6 Å². The van der Waals surface area contributed by atoms with Crippen molar-refractivity contribution in [1.82, 2.24) is 15.0 Å². The summed E-state index contributed by atoms with van der Waals surface area (Å²) in [5.41, 5.74) is 1.76. The average Bonchev–Trinajstić information content (AvgIpc) is 2.46. The quantitative estimate of drug-likeness (QED) is 0.831. The Labute approximate surface area is 116 Å². The van der Waals surface area contributed by atoms with Crippen molar-refractivity contribution in [3.05, 3.63) is 54.1 Å². The fourth-order valence-corrected chi connectivity index (χ4v) is 1.61. The zero-order chi connectivity index (χ0) is 14.4. The second-order valence-electron chi connectivity index (χ2n) is 4.20. The largest absolute Gasteiger partial charge is 0.478 e. The van der Waals surface area contributed by atoms with Crippen LogP contribution in [-0.4, -0.2) is 33.1 Å². The highest BCUT2D eigenvalue weighted by atomic mass is 16.4. The Balaban J connectivity index is 2.04.